The van der Waals surface area contributed by atoms with E-state index in [0.717, 1.165) is 24.8 Å². The summed E-state index contributed by atoms with van der Waals surface area (Å²) in [7, 11) is 1.61. The topological polar surface area (TPSA) is 51.7 Å². The van der Waals surface area contributed by atoms with Crippen molar-refractivity contribution in [3.05, 3.63) is 30.0 Å². The smallest absolute Gasteiger partial charge is 0.411 e. The molecule has 1 amide bonds. The van der Waals surface area contributed by atoms with Crippen molar-refractivity contribution in [1.29, 1.82) is 0 Å². The highest BCUT2D eigenvalue weighted by Gasteiger charge is 2.41. The maximum atomic E-state index is 12.4. The second-order valence-corrected chi connectivity index (χ2v) is 7.17. The number of pyridine rings is 1. The molecule has 5 heteroatoms. The third-order valence-electron chi connectivity index (χ3n) is 4.32. The standard InChI is InChI=1S/C18H24N2O3/c1-18(2,3)23-17(21)20-14-6-7-15(20)10-13(9-14)12-5-8-16(22-4)19-11-12/h5,8-9,11,14-15H,6-7,10H2,1-4H3. The summed E-state index contributed by atoms with van der Waals surface area (Å²) in [6.07, 6.45) is 6.70. The second kappa shape index (κ2) is 5.87. The lowest BCUT2D eigenvalue weighted by Gasteiger charge is -2.35. The molecule has 1 aromatic rings. The molecule has 2 aliphatic rings. The van der Waals surface area contributed by atoms with Gasteiger partial charge in [0, 0.05) is 18.3 Å². The molecule has 0 saturated carbocycles. The Morgan fingerprint density at radius 3 is 2.65 bits per heavy atom. The fourth-order valence-electron chi connectivity index (χ4n) is 3.33. The number of hydrogen-bond donors (Lipinski definition) is 0. The highest BCUT2D eigenvalue weighted by atomic mass is 16.6. The lowest BCUT2D eigenvalue weighted by atomic mass is 9.96. The third kappa shape index (κ3) is 3.33. The van der Waals surface area contributed by atoms with Crippen molar-refractivity contribution in [3.8, 4) is 5.88 Å². The average Bonchev–Trinajstić information content (AvgIpc) is 2.76. The van der Waals surface area contributed by atoms with E-state index in [1.165, 1.54) is 5.57 Å². The molecule has 1 aromatic heterocycles. The molecule has 0 N–H and O–H groups in total. The molecule has 2 atom stereocenters. The minimum atomic E-state index is -0.458. The number of ether oxygens (including phenoxy) is 2. The van der Waals surface area contributed by atoms with E-state index in [0.29, 0.717) is 5.88 Å². The number of carbonyl (C=O) groups is 1. The van der Waals surface area contributed by atoms with E-state index < -0.39 is 5.60 Å². The van der Waals surface area contributed by atoms with Crippen LogP contribution in [0.25, 0.3) is 5.57 Å². The normalized spacial score (nSPS) is 23.5. The number of carbonyl (C=O) groups excluding carboxylic acids is 1. The first-order chi connectivity index (χ1) is 10.9. The first kappa shape index (κ1) is 15.8. The molecule has 2 aliphatic heterocycles. The van der Waals surface area contributed by atoms with Crippen molar-refractivity contribution in [2.24, 2.45) is 0 Å². The predicted molar refractivity (Wildman–Crippen MR) is 88.3 cm³/mol. The van der Waals surface area contributed by atoms with Crippen LogP contribution in [-0.2, 0) is 4.74 Å². The first-order valence-electron chi connectivity index (χ1n) is 8.10. The lowest BCUT2D eigenvalue weighted by Crippen LogP contribution is -2.45. The van der Waals surface area contributed by atoms with Crippen LogP contribution < -0.4 is 4.74 Å². The molecule has 0 aromatic carbocycles. The van der Waals surface area contributed by atoms with Crippen molar-refractivity contribution >= 4 is 11.7 Å². The number of methoxy groups -OCH3 is 1. The number of amides is 1. The quantitative estimate of drug-likeness (QED) is 0.836. The van der Waals surface area contributed by atoms with Crippen molar-refractivity contribution in [1.82, 2.24) is 9.88 Å². The van der Waals surface area contributed by atoms with Gasteiger partial charge in [0.15, 0.2) is 0 Å². The van der Waals surface area contributed by atoms with Gasteiger partial charge in [0.1, 0.15) is 5.60 Å². The van der Waals surface area contributed by atoms with Crippen molar-refractivity contribution in [3.63, 3.8) is 0 Å². The van der Waals surface area contributed by atoms with Crippen LogP contribution in [0.1, 0.15) is 45.6 Å². The van der Waals surface area contributed by atoms with Gasteiger partial charge < -0.3 is 9.47 Å². The van der Waals surface area contributed by atoms with Gasteiger partial charge in [0.05, 0.1) is 13.2 Å². The van der Waals surface area contributed by atoms with Crippen LogP contribution in [0.2, 0.25) is 0 Å². The molecule has 23 heavy (non-hydrogen) atoms. The van der Waals surface area contributed by atoms with E-state index in [1.54, 1.807) is 7.11 Å². The van der Waals surface area contributed by atoms with Crippen LogP contribution in [0, 0.1) is 0 Å². The van der Waals surface area contributed by atoms with Gasteiger partial charge in [0.25, 0.3) is 0 Å². The summed E-state index contributed by atoms with van der Waals surface area (Å²) >= 11 is 0. The van der Waals surface area contributed by atoms with E-state index in [2.05, 4.69) is 11.1 Å². The minimum Gasteiger partial charge on any atom is -0.481 e. The minimum absolute atomic E-state index is 0.126. The number of hydrogen-bond acceptors (Lipinski definition) is 4. The Kier molecular flexibility index (Phi) is 4.04. The number of nitrogens with zero attached hydrogens (tertiary/aromatic N) is 2. The van der Waals surface area contributed by atoms with Gasteiger partial charge in [-0.25, -0.2) is 9.78 Å². The van der Waals surface area contributed by atoms with Gasteiger partial charge >= 0.3 is 6.09 Å². The van der Waals surface area contributed by atoms with E-state index in [4.69, 9.17) is 9.47 Å². The highest BCUT2D eigenvalue weighted by Crippen LogP contribution is 2.39. The lowest BCUT2D eigenvalue weighted by molar-refractivity contribution is 0.0175. The zero-order valence-corrected chi connectivity index (χ0v) is 14.2. The van der Waals surface area contributed by atoms with Crippen molar-refractivity contribution < 1.29 is 14.3 Å². The van der Waals surface area contributed by atoms with Crippen molar-refractivity contribution in [2.75, 3.05) is 7.11 Å². The summed E-state index contributed by atoms with van der Waals surface area (Å²) in [6.45, 7) is 5.71. The Bertz CT molecular complexity index is 616. The van der Waals surface area contributed by atoms with Gasteiger partial charge in [-0.05, 0) is 57.2 Å². The Morgan fingerprint density at radius 2 is 2.09 bits per heavy atom. The molecule has 0 spiro atoms. The summed E-state index contributed by atoms with van der Waals surface area (Å²) < 4.78 is 10.7. The molecule has 0 aliphatic carbocycles. The molecule has 0 radical (unpaired) electrons. The summed E-state index contributed by atoms with van der Waals surface area (Å²) in [6, 6.07) is 4.25. The zero-order valence-electron chi connectivity index (χ0n) is 14.2. The Balaban J connectivity index is 1.78. The molecule has 5 nitrogen and oxygen atoms in total. The molecule has 124 valence electrons. The van der Waals surface area contributed by atoms with Gasteiger partial charge in [-0.1, -0.05) is 6.08 Å². The predicted octanol–water partition coefficient (Wildman–Crippen LogP) is 3.65. The molecule has 3 rings (SSSR count). The van der Waals surface area contributed by atoms with E-state index in [-0.39, 0.29) is 18.2 Å². The van der Waals surface area contributed by atoms with Gasteiger partial charge in [0.2, 0.25) is 5.88 Å². The second-order valence-electron chi connectivity index (χ2n) is 7.17. The Morgan fingerprint density at radius 1 is 1.30 bits per heavy atom. The maximum Gasteiger partial charge on any atom is 0.411 e. The third-order valence-corrected chi connectivity index (χ3v) is 4.32. The molecular weight excluding hydrogens is 292 g/mol. The summed E-state index contributed by atoms with van der Waals surface area (Å²) in [5.41, 5.74) is 1.90. The van der Waals surface area contributed by atoms with Crippen LogP contribution in [0.15, 0.2) is 24.4 Å². The van der Waals surface area contributed by atoms with Crippen molar-refractivity contribution in [2.45, 2.75) is 57.7 Å². The maximum absolute atomic E-state index is 12.4. The fourth-order valence-corrected chi connectivity index (χ4v) is 3.33. The highest BCUT2D eigenvalue weighted by molar-refractivity contribution is 5.75. The summed E-state index contributed by atoms with van der Waals surface area (Å²) in [5, 5.41) is 0. The number of aromatic nitrogens is 1. The first-order valence-corrected chi connectivity index (χ1v) is 8.10. The van der Waals surface area contributed by atoms with E-state index >= 15 is 0 Å². The fraction of sp³-hybridized carbons (Fsp3) is 0.556. The molecule has 2 unspecified atom stereocenters. The molecule has 1 saturated heterocycles. The van der Waals surface area contributed by atoms with E-state index in [1.807, 2.05) is 44.0 Å². The molecular formula is C18H24N2O3. The largest absolute Gasteiger partial charge is 0.481 e. The average molecular weight is 316 g/mol. The summed E-state index contributed by atoms with van der Waals surface area (Å²) in [5.74, 6) is 0.614. The van der Waals surface area contributed by atoms with Crippen LogP contribution in [0.5, 0.6) is 5.88 Å². The van der Waals surface area contributed by atoms with Gasteiger partial charge in [-0.3, -0.25) is 4.90 Å². The molecule has 3 heterocycles. The molecule has 1 fully saturated rings. The monoisotopic (exact) mass is 316 g/mol. The number of fused-ring (bicyclic) bond motifs is 2. The van der Waals surface area contributed by atoms with Crippen LogP contribution in [0.3, 0.4) is 0 Å². The van der Waals surface area contributed by atoms with Crippen LogP contribution >= 0.6 is 0 Å². The number of rotatable bonds is 2. The van der Waals surface area contributed by atoms with Crippen LogP contribution in [0.4, 0.5) is 4.79 Å². The Hall–Kier alpha value is -2.04. The van der Waals surface area contributed by atoms with Crippen LogP contribution in [-0.4, -0.2) is 40.8 Å². The van der Waals surface area contributed by atoms with E-state index in [9.17, 15) is 4.79 Å². The Labute approximate surface area is 137 Å². The van der Waals surface area contributed by atoms with Gasteiger partial charge in [-0.15, -0.1) is 0 Å². The van der Waals surface area contributed by atoms with Gasteiger partial charge in [-0.2, -0.15) is 0 Å². The SMILES string of the molecule is COc1ccc(C2=CC3CCC(C2)N3C(=O)OC(C)(C)C)cn1. The zero-order chi connectivity index (χ0) is 16.6. The summed E-state index contributed by atoms with van der Waals surface area (Å²) in [4.78, 5) is 18.6. The molecule has 2 bridgehead atoms.